The van der Waals surface area contributed by atoms with Crippen molar-refractivity contribution >= 4 is 17.7 Å². The maximum absolute atomic E-state index is 11.1. The van der Waals surface area contributed by atoms with Gasteiger partial charge in [0.2, 0.25) is 0 Å². The number of carbonyl (C=O) groups is 1. The molecule has 1 saturated heterocycles. The topological polar surface area (TPSA) is 41.6 Å². The highest BCUT2D eigenvalue weighted by atomic mass is 16.5. The lowest BCUT2D eigenvalue weighted by Crippen LogP contribution is -2.43. The molecule has 0 amide bonds. The summed E-state index contributed by atoms with van der Waals surface area (Å²) in [7, 11) is 1.38. The first kappa shape index (κ1) is 12.6. The van der Waals surface area contributed by atoms with Gasteiger partial charge >= 0.3 is 5.97 Å². The number of hydrogen-bond donors (Lipinski definition) is 1. The average molecular weight is 246 g/mol. The van der Waals surface area contributed by atoms with Gasteiger partial charge in [-0.15, -0.1) is 0 Å². The van der Waals surface area contributed by atoms with E-state index >= 15 is 0 Å². The highest BCUT2D eigenvalue weighted by Gasteiger charge is 2.12. The van der Waals surface area contributed by atoms with Crippen LogP contribution in [0.1, 0.15) is 5.56 Å². The van der Waals surface area contributed by atoms with Gasteiger partial charge in [0, 0.05) is 37.9 Å². The van der Waals surface area contributed by atoms with Gasteiger partial charge in [-0.05, 0) is 17.7 Å². The molecule has 1 N–H and O–H groups in total. The molecule has 1 aromatic carbocycles. The van der Waals surface area contributed by atoms with Crippen LogP contribution in [0.2, 0.25) is 0 Å². The van der Waals surface area contributed by atoms with Crippen LogP contribution in [0, 0.1) is 0 Å². The van der Waals surface area contributed by atoms with E-state index in [1.165, 1.54) is 18.9 Å². The zero-order valence-electron chi connectivity index (χ0n) is 10.6. The van der Waals surface area contributed by atoms with Crippen molar-refractivity contribution < 1.29 is 9.53 Å². The summed E-state index contributed by atoms with van der Waals surface area (Å²) in [5, 5.41) is 3.33. The normalized spacial score (nSPS) is 15.9. The van der Waals surface area contributed by atoms with Crippen LogP contribution >= 0.6 is 0 Å². The Hall–Kier alpha value is -1.81. The molecule has 1 aliphatic heterocycles. The van der Waals surface area contributed by atoms with Crippen molar-refractivity contribution in [3.05, 3.63) is 35.9 Å². The molecule has 4 heteroatoms. The first-order valence-electron chi connectivity index (χ1n) is 6.12. The standard InChI is InChI=1S/C14H18N2O2/c1-18-14(17)7-6-12-4-2-3-5-13(12)16-10-8-15-9-11-16/h2-7,15H,8-11H2,1H3. The first-order chi connectivity index (χ1) is 8.81. The Balaban J connectivity index is 2.19. The second-order valence-corrected chi connectivity index (χ2v) is 4.15. The van der Waals surface area contributed by atoms with E-state index in [1.54, 1.807) is 0 Å². The number of benzene rings is 1. The summed E-state index contributed by atoms with van der Waals surface area (Å²) in [5.74, 6) is -0.329. The van der Waals surface area contributed by atoms with Crippen molar-refractivity contribution in [1.82, 2.24) is 5.32 Å². The number of carbonyl (C=O) groups excluding carboxylic acids is 1. The SMILES string of the molecule is COC(=O)C=Cc1ccccc1N1CCNCC1. The predicted octanol–water partition coefficient (Wildman–Crippen LogP) is 1.28. The Morgan fingerprint density at radius 3 is 2.78 bits per heavy atom. The monoisotopic (exact) mass is 246 g/mol. The predicted molar refractivity (Wildman–Crippen MR) is 72.6 cm³/mol. The van der Waals surface area contributed by atoms with Crippen molar-refractivity contribution in [2.45, 2.75) is 0 Å². The molecular weight excluding hydrogens is 228 g/mol. The van der Waals surface area contributed by atoms with Crippen LogP contribution < -0.4 is 10.2 Å². The molecule has 96 valence electrons. The lowest BCUT2D eigenvalue weighted by atomic mass is 10.1. The quantitative estimate of drug-likeness (QED) is 0.644. The summed E-state index contributed by atoms with van der Waals surface area (Å²) < 4.78 is 4.61. The summed E-state index contributed by atoms with van der Waals surface area (Å²) in [6.45, 7) is 3.97. The van der Waals surface area contributed by atoms with Gasteiger partial charge in [-0.2, -0.15) is 0 Å². The van der Waals surface area contributed by atoms with Gasteiger partial charge in [-0.1, -0.05) is 18.2 Å². The summed E-state index contributed by atoms with van der Waals surface area (Å²) in [5.41, 5.74) is 2.21. The lowest BCUT2D eigenvalue weighted by Gasteiger charge is -2.30. The number of rotatable bonds is 3. The minimum atomic E-state index is -0.329. The van der Waals surface area contributed by atoms with Crippen LogP contribution in [-0.2, 0) is 9.53 Å². The molecule has 18 heavy (non-hydrogen) atoms. The summed E-state index contributed by atoms with van der Waals surface area (Å²) in [4.78, 5) is 13.5. The fourth-order valence-corrected chi connectivity index (χ4v) is 2.05. The Kier molecular flexibility index (Phi) is 4.36. The third-order valence-electron chi connectivity index (χ3n) is 2.99. The summed E-state index contributed by atoms with van der Waals surface area (Å²) in [6.07, 6.45) is 3.27. The zero-order valence-corrected chi connectivity index (χ0v) is 10.6. The van der Waals surface area contributed by atoms with E-state index in [0.29, 0.717) is 0 Å². The molecule has 4 nitrogen and oxygen atoms in total. The van der Waals surface area contributed by atoms with E-state index in [4.69, 9.17) is 0 Å². The Morgan fingerprint density at radius 2 is 2.06 bits per heavy atom. The van der Waals surface area contributed by atoms with Crippen molar-refractivity contribution in [3.8, 4) is 0 Å². The summed E-state index contributed by atoms with van der Waals surface area (Å²) >= 11 is 0. The van der Waals surface area contributed by atoms with E-state index < -0.39 is 0 Å². The smallest absolute Gasteiger partial charge is 0.330 e. The number of nitrogens with zero attached hydrogens (tertiary/aromatic N) is 1. The van der Waals surface area contributed by atoms with Crippen LogP contribution in [0.4, 0.5) is 5.69 Å². The second-order valence-electron chi connectivity index (χ2n) is 4.15. The fraction of sp³-hybridized carbons (Fsp3) is 0.357. The highest BCUT2D eigenvalue weighted by Crippen LogP contribution is 2.22. The molecule has 0 spiro atoms. The van der Waals surface area contributed by atoms with Crippen molar-refractivity contribution in [2.24, 2.45) is 0 Å². The molecule has 1 fully saturated rings. The number of piperazine rings is 1. The zero-order chi connectivity index (χ0) is 12.8. The largest absolute Gasteiger partial charge is 0.466 e. The van der Waals surface area contributed by atoms with E-state index in [0.717, 1.165) is 31.7 Å². The number of para-hydroxylation sites is 1. The Bertz CT molecular complexity index is 437. The van der Waals surface area contributed by atoms with Gasteiger partial charge < -0.3 is 15.0 Å². The minimum absolute atomic E-state index is 0.329. The fourth-order valence-electron chi connectivity index (χ4n) is 2.05. The minimum Gasteiger partial charge on any atom is -0.466 e. The van der Waals surface area contributed by atoms with E-state index in [2.05, 4.69) is 21.0 Å². The van der Waals surface area contributed by atoms with Crippen LogP contribution in [0.3, 0.4) is 0 Å². The molecule has 0 aliphatic carbocycles. The molecule has 1 aromatic rings. The molecular formula is C14H18N2O2. The third kappa shape index (κ3) is 3.11. The lowest BCUT2D eigenvalue weighted by molar-refractivity contribution is -0.134. The molecule has 0 unspecified atom stereocenters. The number of esters is 1. The van der Waals surface area contributed by atoms with Crippen molar-refractivity contribution in [3.63, 3.8) is 0 Å². The van der Waals surface area contributed by atoms with Crippen molar-refractivity contribution in [2.75, 3.05) is 38.2 Å². The van der Waals surface area contributed by atoms with Gasteiger partial charge in [-0.3, -0.25) is 0 Å². The van der Waals surface area contributed by atoms with E-state index in [-0.39, 0.29) is 5.97 Å². The number of hydrogen-bond acceptors (Lipinski definition) is 4. The molecule has 1 heterocycles. The number of ether oxygens (including phenoxy) is 1. The maximum atomic E-state index is 11.1. The third-order valence-corrected chi connectivity index (χ3v) is 2.99. The number of nitrogens with one attached hydrogen (secondary N) is 1. The van der Waals surface area contributed by atoms with Crippen LogP contribution in [0.15, 0.2) is 30.3 Å². The molecule has 1 aliphatic rings. The van der Waals surface area contributed by atoms with Gasteiger partial charge in [-0.25, -0.2) is 4.79 Å². The van der Waals surface area contributed by atoms with Gasteiger partial charge in [0.05, 0.1) is 7.11 Å². The van der Waals surface area contributed by atoms with Crippen molar-refractivity contribution in [1.29, 1.82) is 0 Å². The average Bonchev–Trinajstić information content (AvgIpc) is 2.46. The van der Waals surface area contributed by atoms with Gasteiger partial charge in [0.15, 0.2) is 0 Å². The molecule has 0 saturated carbocycles. The Labute approximate surface area is 107 Å². The molecule has 0 bridgehead atoms. The summed E-state index contributed by atoms with van der Waals surface area (Å²) in [6, 6.07) is 8.09. The van der Waals surface area contributed by atoms with E-state index in [1.807, 2.05) is 24.3 Å². The van der Waals surface area contributed by atoms with Crippen LogP contribution in [-0.4, -0.2) is 39.3 Å². The molecule has 0 aromatic heterocycles. The Morgan fingerprint density at radius 1 is 1.33 bits per heavy atom. The van der Waals surface area contributed by atoms with Gasteiger partial charge in [0.25, 0.3) is 0 Å². The molecule has 2 rings (SSSR count). The second kappa shape index (κ2) is 6.21. The number of methoxy groups -OCH3 is 1. The molecule has 0 radical (unpaired) electrons. The first-order valence-corrected chi connectivity index (χ1v) is 6.12. The maximum Gasteiger partial charge on any atom is 0.330 e. The van der Waals surface area contributed by atoms with Crippen LogP contribution in [0.5, 0.6) is 0 Å². The van der Waals surface area contributed by atoms with E-state index in [9.17, 15) is 4.79 Å². The molecule has 0 atom stereocenters. The highest BCUT2D eigenvalue weighted by molar-refractivity contribution is 5.88. The van der Waals surface area contributed by atoms with Gasteiger partial charge in [0.1, 0.15) is 0 Å². The van der Waals surface area contributed by atoms with Crippen LogP contribution in [0.25, 0.3) is 6.08 Å². The number of anilines is 1.